The van der Waals surface area contributed by atoms with E-state index in [-0.39, 0.29) is 0 Å². The van der Waals surface area contributed by atoms with Gasteiger partial charge in [-0.05, 0) is 59.3 Å². The van der Waals surface area contributed by atoms with Gasteiger partial charge in [-0.25, -0.2) is 0 Å². The average Bonchev–Trinajstić information content (AvgIpc) is 2.62. The van der Waals surface area contributed by atoms with Crippen LogP contribution in [-0.4, -0.2) is 41.4 Å². The minimum Gasteiger partial charge on any atom is -0.317 e. The maximum Gasteiger partial charge on any atom is 0.0644 e. The van der Waals surface area contributed by atoms with Crippen molar-refractivity contribution in [2.45, 2.75) is 39.7 Å². The molecular formula is C15H28N4. The lowest BCUT2D eigenvalue weighted by atomic mass is 9.84. The Morgan fingerprint density at radius 3 is 2.63 bits per heavy atom. The van der Waals surface area contributed by atoms with Crippen molar-refractivity contribution in [3.63, 3.8) is 0 Å². The van der Waals surface area contributed by atoms with Crippen LogP contribution in [0.4, 0.5) is 0 Å². The van der Waals surface area contributed by atoms with E-state index in [1.807, 2.05) is 11.7 Å². The molecule has 1 fully saturated rings. The van der Waals surface area contributed by atoms with Crippen LogP contribution in [0.15, 0.2) is 0 Å². The van der Waals surface area contributed by atoms with Crippen molar-refractivity contribution in [1.82, 2.24) is 20.0 Å². The second-order valence-electron chi connectivity index (χ2n) is 5.84. The van der Waals surface area contributed by atoms with E-state index in [1.165, 1.54) is 36.3 Å². The zero-order valence-electron chi connectivity index (χ0n) is 13.0. The molecule has 0 amide bonds. The second kappa shape index (κ2) is 6.06. The number of piperidine rings is 1. The number of hydrogen-bond donors (Lipinski definition) is 1. The molecular weight excluding hydrogens is 236 g/mol. The van der Waals surface area contributed by atoms with Crippen LogP contribution in [0.3, 0.4) is 0 Å². The lowest BCUT2D eigenvalue weighted by molar-refractivity contribution is 0.119. The summed E-state index contributed by atoms with van der Waals surface area (Å²) in [7, 11) is 4.31. The summed E-state index contributed by atoms with van der Waals surface area (Å²) in [6.45, 7) is 9.89. The Morgan fingerprint density at radius 1 is 1.32 bits per heavy atom. The Kier molecular flexibility index (Phi) is 4.63. The molecule has 1 aliphatic heterocycles. The first-order valence-corrected chi connectivity index (χ1v) is 7.47. The molecule has 1 aromatic heterocycles. The SMILES string of the molecule is CCNCC1CCCN(C)C1c1c(C)nn(C)c1C. The van der Waals surface area contributed by atoms with Gasteiger partial charge in [-0.15, -0.1) is 0 Å². The van der Waals surface area contributed by atoms with Gasteiger partial charge in [0.15, 0.2) is 0 Å². The Bertz CT molecular complexity index is 424. The molecule has 0 radical (unpaired) electrons. The molecule has 0 aromatic carbocycles. The first-order chi connectivity index (χ1) is 9.06. The van der Waals surface area contributed by atoms with E-state index in [4.69, 9.17) is 0 Å². The van der Waals surface area contributed by atoms with E-state index in [2.05, 4.69) is 43.1 Å². The zero-order valence-corrected chi connectivity index (χ0v) is 13.0. The summed E-state index contributed by atoms with van der Waals surface area (Å²) in [4.78, 5) is 2.52. The third-order valence-corrected chi connectivity index (χ3v) is 4.52. The molecule has 108 valence electrons. The lowest BCUT2D eigenvalue weighted by Gasteiger charge is -2.40. The standard InChI is InChI=1S/C15H28N4/c1-6-16-10-13-8-7-9-18(4)15(13)14-11(2)17-19(5)12(14)3/h13,15-16H,6-10H2,1-5H3. The second-order valence-corrected chi connectivity index (χ2v) is 5.84. The summed E-state index contributed by atoms with van der Waals surface area (Å²) in [6, 6.07) is 0.515. The lowest BCUT2D eigenvalue weighted by Crippen LogP contribution is -2.41. The van der Waals surface area contributed by atoms with Gasteiger partial charge in [0.05, 0.1) is 5.69 Å². The molecule has 1 saturated heterocycles. The first kappa shape index (κ1) is 14.5. The van der Waals surface area contributed by atoms with E-state index in [0.717, 1.165) is 13.1 Å². The number of likely N-dealkylation sites (tertiary alicyclic amines) is 1. The zero-order chi connectivity index (χ0) is 14.0. The molecule has 1 N–H and O–H groups in total. The number of nitrogens with zero attached hydrogens (tertiary/aromatic N) is 3. The third-order valence-electron chi connectivity index (χ3n) is 4.52. The van der Waals surface area contributed by atoms with Gasteiger partial charge in [0.1, 0.15) is 0 Å². The Balaban J connectivity index is 2.30. The summed E-state index contributed by atoms with van der Waals surface area (Å²) < 4.78 is 2.03. The molecule has 2 heterocycles. The summed E-state index contributed by atoms with van der Waals surface area (Å²) in [6.07, 6.45) is 2.62. The molecule has 1 aliphatic rings. The first-order valence-electron chi connectivity index (χ1n) is 7.47. The van der Waals surface area contributed by atoms with Crippen molar-refractivity contribution in [1.29, 1.82) is 0 Å². The Labute approximate surface area is 117 Å². The van der Waals surface area contributed by atoms with Crippen molar-refractivity contribution in [3.8, 4) is 0 Å². The molecule has 19 heavy (non-hydrogen) atoms. The van der Waals surface area contributed by atoms with Crippen molar-refractivity contribution in [2.75, 3.05) is 26.7 Å². The normalized spacial score (nSPS) is 24.9. The summed E-state index contributed by atoms with van der Waals surface area (Å²) in [5.41, 5.74) is 3.96. The monoisotopic (exact) mass is 264 g/mol. The van der Waals surface area contributed by atoms with Gasteiger partial charge in [0.2, 0.25) is 0 Å². The Morgan fingerprint density at radius 2 is 2.05 bits per heavy atom. The smallest absolute Gasteiger partial charge is 0.0644 e. The van der Waals surface area contributed by atoms with Crippen LogP contribution in [0.1, 0.15) is 42.8 Å². The number of aromatic nitrogens is 2. The molecule has 2 atom stereocenters. The largest absolute Gasteiger partial charge is 0.317 e. The van der Waals surface area contributed by atoms with Crippen LogP contribution in [0.2, 0.25) is 0 Å². The van der Waals surface area contributed by atoms with Crippen molar-refractivity contribution < 1.29 is 0 Å². The van der Waals surface area contributed by atoms with E-state index < -0.39 is 0 Å². The predicted octanol–water partition coefficient (Wildman–Crippen LogP) is 2.03. The molecule has 4 heteroatoms. The maximum absolute atomic E-state index is 4.60. The van der Waals surface area contributed by atoms with Crippen LogP contribution < -0.4 is 5.32 Å². The van der Waals surface area contributed by atoms with Gasteiger partial charge in [0.25, 0.3) is 0 Å². The Hall–Kier alpha value is -0.870. The number of nitrogens with one attached hydrogen (secondary N) is 1. The summed E-state index contributed by atoms with van der Waals surface area (Å²) >= 11 is 0. The molecule has 2 rings (SSSR count). The van der Waals surface area contributed by atoms with Crippen LogP contribution >= 0.6 is 0 Å². The number of rotatable bonds is 4. The topological polar surface area (TPSA) is 33.1 Å². The van der Waals surface area contributed by atoms with Gasteiger partial charge in [-0.1, -0.05) is 6.92 Å². The fourth-order valence-corrected chi connectivity index (χ4v) is 3.48. The fraction of sp³-hybridized carbons (Fsp3) is 0.800. The highest BCUT2D eigenvalue weighted by atomic mass is 15.3. The van der Waals surface area contributed by atoms with E-state index in [0.29, 0.717) is 12.0 Å². The minimum atomic E-state index is 0.515. The highest BCUT2D eigenvalue weighted by molar-refractivity contribution is 5.29. The third kappa shape index (κ3) is 2.84. The number of aryl methyl sites for hydroxylation is 2. The van der Waals surface area contributed by atoms with Crippen LogP contribution in [0, 0.1) is 19.8 Å². The van der Waals surface area contributed by atoms with Gasteiger partial charge in [0, 0.05) is 24.3 Å². The molecule has 1 aromatic rings. The van der Waals surface area contributed by atoms with E-state index in [9.17, 15) is 0 Å². The van der Waals surface area contributed by atoms with Crippen molar-refractivity contribution >= 4 is 0 Å². The molecule has 4 nitrogen and oxygen atoms in total. The minimum absolute atomic E-state index is 0.515. The van der Waals surface area contributed by atoms with Gasteiger partial charge >= 0.3 is 0 Å². The van der Waals surface area contributed by atoms with E-state index >= 15 is 0 Å². The van der Waals surface area contributed by atoms with Gasteiger partial charge < -0.3 is 5.32 Å². The quantitative estimate of drug-likeness (QED) is 0.903. The summed E-state index contributed by atoms with van der Waals surface area (Å²) in [5.74, 6) is 0.695. The van der Waals surface area contributed by atoms with Crippen LogP contribution in [-0.2, 0) is 7.05 Å². The predicted molar refractivity (Wildman–Crippen MR) is 79.3 cm³/mol. The highest BCUT2D eigenvalue weighted by Crippen LogP contribution is 2.37. The van der Waals surface area contributed by atoms with Crippen molar-refractivity contribution in [3.05, 3.63) is 17.0 Å². The van der Waals surface area contributed by atoms with Crippen LogP contribution in [0.5, 0.6) is 0 Å². The molecule has 0 saturated carbocycles. The van der Waals surface area contributed by atoms with Gasteiger partial charge in [-0.3, -0.25) is 9.58 Å². The van der Waals surface area contributed by atoms with Crippen molar-refractivity contribution in [2.24, 2.45) is 13.0 Å². The van der Waals surface area contributed by atoms with E-state index in [1.54, 1.807) is 0 Å². The molecule has 2 unspecified atom stereocenters. The molecule has 0 bridgehead atoms. The fourth-order valence-electron chi connectivity index (χ4n) is 3.48. The summed E-state index contributed by atoms with van der Waals surface area (Å²) in [5, 5.41) is 8.13. The number of hydrogen-bond acceptors (Lipinski definition) is 3. The average molecular weight is 264 g/mol. The molecule has 0 spiro atoms. The van der Waals surface area contributed by atoms with Gasteiger partial charge in [-0.2, -0.15) is 5.10 Å². The van der Waals surface area contributed by atoms with Crippen LogP contribution in [0.25, 0.3) is 0 Å². The molecule has 0 aliphatic carbocycles. The maximum atomic E-state index is 4.60. The highest BCUT2D eigenvalue weighted by Gasteiger charge is 2.33.